The summed E-state index contributed by atoms with van der Waals surface area (Å²) >= 11 is 0. The summed E-state index contributed by atoms with van der Waals surface area (Å²) < 4.78 is 0. The summed E-state index contributed by atoms with van der Waals surface area (Å²) in [5.74, 6) is 0. The molecule has 2 aromatic carbocycles. The summed E-state index contributed by atoms with van der Waals surface area (Å²) in [5.41, 5.74) is 7.13. The Morgan fingerprint density at radius 3 is 2.64 bits per heavy atom. The molecule has 0 spiro atoms. The fourth-order valence-corrected chi connectivity index (χ4v) is 1.37. The molecule has 0 aromatic heterocycles. The molecule has 0 atom stereocenters. The summed E-state index contributed by atoms with van der Waals surface area (Å²) in [6, 6.07) is 13.3. The molecule has 0 aliphatic rings. The molecule has 0 radical (unpaired) electrons. The zero-order chi connectivity index (χ0) is 9.26. The molecule has 0 aliphatic carbocycles. The van der Waals surface area contributed by atoms with Crippen molar-refractivity contribution in [3.63, 3.8) is 0 Å². The summed E-state index contributed by atoms with van der Waals surface area (Å²) in [7, 11) is 0. The summed E-state index contributed by atoms with van der Waals surface area (Å²) in [6.45, 7) is 0. The number of hydrogen-bond acceptors (Lipinski definition) is 2. The maximum absolute atomic E-state index is 8.70. The number of fused-ring (bicyclic) bond motifs is 1. The van der Waals surface area contributed by atoms with Crippen LogP contribution in [-0.4, -0.2) is 0 Å². The molecule has 3 heteroatoms. The zero-order valence-corrected chi connectivity index (χ0v) is 9.11. The molecule has 2 aromatic rings. The Bertz CT molecular complexity index is 500. The number of halogens is 1. The molecular formula is C11H9BrN2. The van der Waals surface area contributed by atoms with Crippen molar-refractivity contribution in [3.8, 4) is 6.07 Å². The van der Waals surface area contributed by atoms with Gasteiger partial charge in [-0.15, -0.1) is 17.0 Å². The van der Waals surface area contributed by atoms with Gasteiger partial charge >= 0.3 is 0 Å². The van der Waals surface area contributed by atoms with E-state index in [-0.39, 0.29) is 17.0 Å². The lowest BCUT2D eigenvalue weighted by Crippen LogP contribution is -1.86. The number of anilines is 1. The summed E-state index contributed by atoms with van der Waals surface area (Å²) in [5, 5.41) is 10.7. The van der Waals surface area contributed by atoms with Crippen molar-refractivity contribution in [3.05, 3.63) is 42.0 Å². The van der Waals surface area contributed by atoms with Gasteiger partial charge in [0.2, 0.25) is 0 Å². The minimum Gasteiger partial charge on any atom is -0.398 e. The second kappa shape index (κ2) is 4.12. The lowest BCUT2D eigenvalue weighted by atomic mass is 10.1. The molecule has 0 aliphatic heterocycles. The Hall–Kier alpha value is -1.53. The highest BCUT2D eigenvalue weighted by molar-refractivity contribution is 8.93. The average Bonchev–Trinajstić information content (AvgIpc) is 2.18. The van der Waals surface area contributed by atoms with Crippen LogP contribution in [0.15, 0.2) is 36.4 Å². The van der Waals surface area contributed by atoms with Crippen LogP contribution in [0, 0.1) is 11.3 Å². The van der Waals surface area contributed by atoms with Crippen molar-refractivity contribution >= 4 is 33.4 Å². The van der Waals surface area contributed by atoms with E-state index in [1.54, 1.807) is 6.07 Å². The minimum absolute atomic E-state index is 0. The van der Waals surface area contributed by atoms with Crippen LogP contribution in [0.3, 0.4) is 0 Å². The van der Waals surface area contributed by atoms with E-state index < -0.39 is 0 Å². The molecule has 0 saturated heterocycles. The van der Waals surface area contributed by atoms with Crippen LogP contribution in [-0.2, 0) is 0 Å². The fourth-order valence-electron chi connectivity index (χ4n) is 1.37. The van der Waals surface area contributed by atoms with Gasteiger partial charge in [0.15, 0.2) is 0 Å². The fraction of sp³-hybridized carbons (Fsp3) is 0. The number of benzene rings is 2. The van der Waals surface area contributed by atoms with Gasteiger partial charge in [-0.2, -0.15) is 5.26 Å². The van der Waals surface area contributed by atoms with Gasteiger partial charge in [0.1, 0.15) is 0 Å². The normalized spacial score (nSPS) is 9.07. The van der Waals surface area contributed by atoms with E-state index in [1.165, 1.54) is 0 Å². The van der Waals surface area contributed by atoms with Crippen LogP contribution >= 0.6 is 17.0 Å². The standard InChI is InChI=1S/C11H8N2.BrH/c12-7-8-4-5-9-2-1-3-11(13)10(9)6-8;/h1-6H,13H2;1H. The summed E-state index contributed by atoms with van der Waals surface area (Å²) in [4.78, 5) is 0. The van der Waals surface area contributed by atoms with Crippen LogP contribution in [0.4, 0.5) is 5.69 Å². The van der Waals surface area contributed by atoms with E-state index >= 15 is 0 Å². The highest BCUT2D eigenvalue weighted by Crippen LogP contribution is 2.21. The zero-order valence-electron chi connectivity index (χ0n) is 7.40. The van der Waals surface area contributed by atoms with Crippen LogP contribution < -0.4 is 5.73 Å². The van der Waals surface area contributed by atoms with Crippen molar-refractivity contribution in [2.75, 3.05) is 5.73 Å². The highest BCUT2D eigenvalue weighted by Gasteiger charge is 1.97. The Kier molecular flexibility index (Phi) is 3.10. The average molecular weight is 249 g/mol. The largest absolute Gasteiger partial charge is 0.398 e. The molecule has 0 bridgehead atoms. The lowest BCUT2D eigenvalue weighted by Gasteiger charge is -2.00. The molecule has 0 heterocycles. The number of nitriles is 1. The third-order valence-electron chi connectivity index (χ3n) is 2.04. The highest BCUT2D eigenvalue weighted by atomic mass is 79.9. The Morgan fingerprint density at radius 2 is 1.93 bits per heavy atom. The smallest absolute Gasteiger partial charge is 0.0991 e. The molecule has 0 fully saturated rings. The van der Waals surface area contributed by atoms with E-state index in [2.05, 4.69) is 6.07 Å². The van der Waals surface area contributed by atoms with E-state index in [0.717, 1.165) is 16.5 Å². The maximum Gasteiger partial charge on any atom is 0.0991 e. The molecule has 2 N–H and O–H groups in total. The first-order chi connectivity index (χ1) is 6.31. The van der Waals surface area contributed by atoms with Gasteiger partial charge in [-0.05, 0) is 23.6 Å². The van der Waals surface area contributed by atoms with Gasteiger partial charge in [0.25, 0.3) is 0 Å². The Labute approximate surface area is 92.7 Å². The molecule has 2 rings (SSSR count). The predicted octanol–water partition coefficient (Wildman–Crippen LogP) is 2.87. The van der Waals surface area contributed by atoms with Gasteiger partial charge in [-0.1, -0.05) is 18.2 Å². The minimum atomic E-state index is 0. The number of hydrogen-bond donors (Lipinski definition) is 1. The first-order valence-electron chi connectivity index (χ1n) is 3.99. The third-order valence-corrected chi connectivity index (χ3v) is 2.04. The van der Waals surface area contributed by atoms with Crippen molar-refractivity contribution in [1.82, 2.24) is 0 Å². The SMILES string of the molecule is Br.N#Cc1ccc2cccc(N)c2c1. The first-order valence-corrected chi connectivity index (χ1v) is 3.99. The quantitative estimate of drug-likeness (QED) is 0.730. The number of rotatable bonds is 0. The first kappa shape index (κ1) is 10.6. The number of nitrogen functional groups attached to an aromatic ring is 1. The van der Waals surface area contributed by atoms with Gasteiger partial charge in [-0.25, -0.2) is 0 Å². The Morgan fingerprint density at radius 1 is 1.14 bits per heavy atom. The van der Waals surface area contributed by atoms with Crippen LogP contribution in [0.2, 0.25) is 0 Å². The molecule has 0 amide bonds. The van der Waals surface area contributed by atoms with E-state index in [1.807, 2.05) is 30.3 Å². The second-order valence-electron chi connectivity index (χ2n) is 2.89. The molecular weight excluding hydrogens is 240 g/mol. The molecule has 0 unspecified atom stereocenters. The lowest BCUT2D eigenvalue weighted by molar-refractivity contribution is 1.50. The molecule has 14 heavy (non-hydrogen) atoms. The van der Waals surface area contributed by atoms with Crippen LogP contribution in [0.25, 0.3) is 10.8 Å². The van der Waals surface area contributed by atoms with Crippen molar-refractivity contribution in [1.29, 1.82) is 5.26 Å². The van der Waals surface area contributed by atoms with E-state index in [0.29, 0.717) is 5.56 Å². The number of nitrogens with two attached hydrogens (primary N) is 1. The Balaban J connectivity index is 0.000000980. The molecule has 2 nitrogen and oxygen atoms in total. The monoisotopic (exact) mass is 248 g/mol. The molecule has 0 saturated carbocycles. The van der Waals surface area contributed by atoms with E-state index in [4.69, 9.17) is 11.0 Å². The summed E-state index contributed by atoms with van der Waals surface area (Å²) in [6.07, 6.45) is 0. The van der Waals surface area contributed by atoms with Crippen LogP contribution in [0.1, 0.15) is 5.56 Å². The van der Waals surface area contributed by atoms with Crippen molar-refractivity contribution in [2.24, 2.45) is 0 Å². The third kappa shape index (κ3) is 1.70. The van der Waals surface area contributed by atoms with Gasteiger partial charge < -0.3 is 5.73 Å². The predicted molar refractivity (Wildman–Crippen MR) is 63.4 cm³/mol. The van der Waals surface area contributed by atoms with Gasteiger partial charge in [0.05, 0.1) is 11.6 Å². The topological polar surface area (TPSA) is 49.8 Å². The second-order valence-corrected chi connectivity index (χ2v) is 2.89. The van der Waals surface area contributed by atoms with Gasteiger partial charge in [0, 0.05) is 11.1 Å². The maximum atomic E-state index is 8.70. The van der Waals surface area contributed by atoms with Crippen molar-refractivity contribution in [2.45, 2.75) is 0 Å². The van der Waals surface area contributed by atoms with Crippen LogP contribution in [0.5, 0.6) is 0 Å². The van der Waals surface area contributed by atoms with Crippen molar-refractivity contribution < 1.29 is 0 Å². The molecule has 70 valence electrons. The number of nitrogens with zero attached hydrogens (tertiary/aromatic N) is 1. The van der Waals surface area contributed by atoms with E-state index in [9.17, 15) is 0 Å². The van der Waals surface area contributed by atoms with Gasteiger partial charge in [-0.3, -0.25) is 0 Å².